The Balaban J connectivity index is 2.57. The van der Waals surface area contributed by atoms with Gasteiger partial charge in [-0.1, -0.05) is 15.9 Å². The molecule has 0 atom stereocenters. The predicted molar refractivity (Wildman–Crippen MR) is 56.3 cm³/mol. The number of benzene rings is 1. The van der Waals surface area contributed by atoms with E-state index >= 15 is 0 Å². The Morgan fingerprint density at radius 3 is 2.57 bits per heavy atom. The minimum absolute atomic E-state index is 0.780. The van der Waals surface area contributed by atoms with Gasteiger partial charge in [-0.3, -0.25) is 0 Å². The molecule has 0 saturated carbocycles. The molecule has 0 saturated heterocycles. The quantitative estimate of drug-likeness (QED) is 0.781. The third kappa shape index (κ3) is 1.68. The zero-order chi connectivity index (χ0) is 10.1. The number of nitrogens with zero attached hydrogens (tertiary/aromatic N) is 4. The van der Waals surface area contributed by atoms with Crippen LogP contribution in [-0.4, -0.2) is 20.2 Å². The normalized spacial score (nSPS) is 10.5. The molecular formula is C9H9BrN4. The van der Waals surface area contributed by atoms with Crippen molar-refractivity contribution >= 4 is 15.9 Å². The lowest BCUT2D eigenvalue weighted by atomic mass is 10.2. The third-order valence-electron chi connectivity index (χ3n) is 1.90. The Hall–Kier alpha value is -1.23. The van der Waals surface area contributed by atoms with E-state index in [0.29, 0.717) is 0 Å². The van der Waals surface area contributed by atoms with Crippen LogP contribution in [0.3, 0.4) is 0 Å². The van der Waals surface area contributed by atoms with E-state index in [2.05, 4.69) is 31.5 Å². The number of rotatable bonds is 1. The van der Waals surface area contributed by atoms with Crippen LogP contribution in [0.15, 0.2) is 22.7 Å². The second-order valence-electron chi connectivity index (χ2n) is 3.12. The highest BCUT2D eigenvalue weighted by atomic mass is 79.9. The highest BCUT2D eigenvalue weighted by Crippen LogP contribution is 2.18. The van der Waals surface area contributed by atoms with Gasteiger partial charge in [-0.15, -0.1) is 5.10 Å². The summed E-state index contributed by atoms with van der Waals surface area (Å²) in [7, 11) is 0. The van der Waals surface area contributed by atoms with Crippen LogP contribution >= 0.6 is 15.9 Å². The second-order valence-corrected chi connectivity index (χ2v) is 4.04. The fourth-order valence-electron chi connectivity index (χ4n) is 1.31. The lowest BCUT2D eigenvalue weighted by molar-refractivity contribution is 0.778. The van der Waals surface area contributed by atoms with Gasteiger partial charge < -0.3 is 0 Å². The third-order valence-corrected chi connectivity index (χ3v) is 2.35. The number of halogens is 1. The molecule has 0 unspecified atom stereocenters. The fourth-order valence-corrected chi connectivity index (χ4v) is 1.91. The molecule has 1 aromatic heterocycles. The number of tetrazole rings is 1. The van der Waals surface area contributed by atoms with Gasteiger partial charge in [0.15, 0.2) is 5.82 Å². The van der Waals surface area contributed by atoms with E-state index in [1.54, 1.807) is 4.68 Å². The number of aryl methyl sites for hydroxylation is 2. The molecule has 72 valence electrons. The van der Waals surface area contributed by atoms with Crippen LogP contribution in [0.25, 0.3) is 5.69 Å². The topological polar surface area (TPSA) is 43.6 Å². The molecule has 0 spiro atoms. The maximum Gasteiger partial charge on any atom is 0.153 e. The van der Waals surface area contributed by atoms with E-state index < -0.39 is 0 Å². The molecule has 0 bridgehead atoms. The average Bonchev–Trinajstić information content (AvgIpc) is 2.49. The van der Waals surface area contributed by atoms with Gasteiger partial charge in [0.05, 0.1) is 5.69 Å². The molecule has 0 fully saturated rings. The predicted octanol–water partition coefficient (Wildman–Crippen LogP) is 2.04. The highest BCUT2D eigenvalue weighted by Gasteiger charge is 2.04. The van der Waals surface area contributed by atoms with Crippen molar-refractivity contribution in [2.75, 3.05) is 0 Å². The van der Waals surface area contributed by atoms with Gasteiger partial charge in [-0.05, 0) is 48.0 Å². The average molecular weight is 253 g/mol. The van der Waals surface area contributed by atoms with E-state index in [4.69, 9.17) is 0 Å². The van der Waals surface area contributed by atoms with Crippen molar-refractivity contribution in [2.45, 2.75) is 13.8 Å². The molecule has 2 rings (SSSR count). The molecule has 0 aliphatic heterocycles. The first-order chi connectivity index (χ1) is 6.66. The largest absolute Gasteiger partial charge is 0.198 e. The van der Waals surface area contributed by atoms with Gasteiger partial charge in [-0.2, -0.15) is 4.68 Å². The van der Waals surface area contributed by atoms with Crippen LogP contribution in [-0.2, 0) is 0 Å². The first-order valence-electron chi connectivity index (χ1n) is 4.19. The molecule has 5 heteroatoms. The van der Waals surface area contributed by atoms with Crippen molar-refractivity contribution in [3.63, 3.8) is 0 Å². The van der Waals surface area contributed by atoms with Crippen LogP contribution in [0.2, 0.25) is 0 Å². The summed E-state index contributed by atoms with van der Waals surface area (Å²) in [4.78, 5) is 0. The Labute approximate surface area is 90.1 Å². The molecule has 2 aromatic rings. The van der Waals surface area contributed by atoms with Gasteiger partial charge >= 0.3 is 0 Å². The van der Waals surface area contributed by atoms with Gasteiger partial charge in [0.25, 0.3) is 0 Å². The highest BCUT2D eigenvalue weighted by molar-refractivity contribution is 9.10. The maximum absolute atomic E-state index is 3.90. The molecule has 0 aliphatic carbocycles. The summed E-state index contributed by atoms with van der Waals surface area (Å²) >= 11 is 3.44. The van der Waals surface area contributed by atoms with Crippen molar-refractivity contribution in [3.8, 4) is 5.69 Å². The molecule has 0 aliphatic rings. The zero-order valence-corrected chi connectivity index (χ0v) is 9.48. The zero-order valence-electron chi connectivity index (χ0n) is 7.90. The lowest BCUT2D eigenvalue weighted by Gasteiger charge is -2.03. The fraction of sp³-hybridized carbons (Fsp3) is 0.222. The molecule has 4 nitrogen and oxygen atoms in total. The van der Waals surface area contributed by atoms with E-state index in [0.717, 1.165) is 16.0 Å². The minimum atomic E-state index is 0.780. The summed E-state index contributed by atoms with van der Waals surface area (Å²) in [5.41, 5.74) is 2.14. The Kier molecular flexibility index (Phi) is 2.33. The molecule has 0 radical (unpaired) electrons. The standard InChI is InChI=1S/C9H9BrN4/c1-6-3-8(10)5-9(4-6)14-7(2)11-12-13-14/h3-5H,1-2H3. The monoisotopic (exact) mass is 252 g/mol. The molecule has 1 heterocycles. The Morgan fingerprint density at radius 2 is 2.00 bits per heavy atom. The Morgan fingerprint density at radius 1 is 1.21 bits per heavy atom. The van der Waals surface area contributed by atoms with Gasteiger partial charge in [0, 0.05) is 4.47 Å². The smallest absolute Gasteiger partial charge is 0.153 e. The van der Waals surface area contributed by atoms with E-state index in [-0.39, 0.29) is 0 Å². The van der Waals surface area contributed by atoms with Crippen LogP contribution in [0.1, 0.15) is 11.4 Å². The molecule has 14 heavy (non-hydrogen) atoms. The van der Waals surface area contributed by atoms with Crippen molar-refractivity contribution < 1.29 is 0 Å². The lowest BCUT2D eigenvalue weighted by Crippen LogP contribution is -1.99. The maximum atomic E-state index is 3.90. The van der Waals surface area contributed by atoms with Crippen LogP contribution in [0.4, 0.5) is 0 Å². The second kappa shape index (κ2) is 3.49. The van der Waals surface area contributed by atoms with Crippen LogP contribution in [0, 0.1) is 13.8 Å². The van der Waals surface area contributed by atoms with E-state index in [9.17, 15) is 0 Å². The minimum Gasteiger partial charge on any atom is -0.198 e. The van der Waals surface area contributed by atoms with Gasteiger partial charge in [0.1, 0.15) is 0 Å². The van der Waals surface area contributed by atoms with Gasteiger partial charge in [0.2, 0.25) is 0 Å². The number of aromatic nitrogens is 4. The summed E-state index contributed by atoms with van der Waals surface area (Å²) in [5.74, 6) is 0.780. The summed E-state index contributed by atoms with van der Waals surface area (Å²) < 4.78 is 2.74. The molecule has 1 aromatic carbocycles. The SMILES string of the molecule is Cc1cc(Br)cc(-n2nnnc2C)c1. The van der Waals surface area contributed by atoms with Gasteiger partial charge in [-0.25, -0.2) is 0 Å². The summed E-state index contributed by atoms with van der Waals surface area (Å²) in [5, 5.41) is 11.3. The van der Waals surface area contributed by atoms with Crippen molar-refractivity contribution in [1.29, 1.82) is 0 Å². The summed E-state index contributed by atoms with van der Waals surface area (Å²) in [6.07, 6.45) is 0. The molecular weight excluding hydrogens is 244 g/mol. The van der Waals surface area contributed by atoms with Crippen molar-refractivity contribution in [2.24, 2.45) is 0 Å². The van der Waals surface area contributed by atoms with Crippen LogP contribution in [0.5, 0.6) is 0 Å². The van der Waals surface area contributed by atoms with Crippen molar-refractivity contribution in [3.05, 3.63) is 34.1 Å². The summed E-state index contributed by atoms with van der Waals surface area (Å²) in [6, 6.07) is 6.06. The number of hydrogen-bond donors (Lipinski definition) is 0. The summed E-state index contributed by atoms with van der Waals surface area (Å²) in [6.45, 7) is 3.91. The van der Waals surface area contributed by atoms with Crippen LogP contribution < -0.4 is 0 Å². The molecule has 0 N–H and O–H groups in total. The van der Waals surface area contributed by atoms with E-state index in [1.807, 2.05) is 32.0 Å². The first kappa shape index (κ1) is 9.33. The molecule has 0 amide bonds. The first-order valence-corrected chi connectivity index (χ1v) is 4.98. The van der Waals surface area contributed by atoms with E-state index in [1.165, 1.54) is 5.56 Å². The Bertz CT molecular complexity index is 443. The number of hydrogen-bond acceptors (Lipinski definition) is 3. The van der Waals surface area contributed by atoms with Crippen molar-refractivity contribution in [1.82, 2.24) is 20.2 Å².